The first-order chi connectivity index (χ1) is 21.7. The van der Waals surface area contributed by atoms with E-state index in [1.807, 2.05) is 0 Å². The fraction of sp³-hybridized carbons (Fsp3) is 0.143. The number of hydrogen-bond donors (Lipinski definition) is 0. The van der Waals surface area contributed by atoms with E-state index in [2.05, 4.69) is 135 Å². The standard InChI is InChI=1S/C42H34N2/c1-3-11-27-17-19-31-23-35-37(25-33(31)21-27)41(43-39(35)29-13-7-5-8-14-29)42-38-26-34-22-28(12-4-2)18-20-32(34)24-36(38)40(44-42)30-15-9-6-10-16-30/h5-10,13-26H,3-4,11-12H2,1-2H3/b42-41+. The van der Waals surface area contributed by atoms with Gasteiger partial charge in [0.25, 0.3) is 0 Å². The van der Waals surface area contributed by atoms with Gasteiger partial charge in [-0.2, -0.15) is 0 Å². The van der Waals surface area contributed by atoms with Crippen molar-refractivity contribution >= 4 is 44.4 Å². The summed E-state index contributed by atoms with van der Waals surface area (Å²) in [6, 6.07) is 44.3. The largest absolute Gasteiger partial charge is 0.245 e. The van der Waals surface area contributed by atoms with Crippen LogP contribution in [0.2, 0.25) is 0 Å². The van der Waals surface area contributed by atoms with Gasteiger partial charge in [-0.15, -0.1) is 0 Å². The SMILES string of the molecule is CCCc1ccc2cc3c(cc2c1)/C(=C1\N=C(c2ccccc2)c2cc4ccc(CCC)cc4cc21)N=C3c1ccccc1. The average molecular weight is 567 g/mol. The summed E-state index contributed by atoms with van der Waals surface area (Å²) in [4.78, 5) is 10.9. The highest BCUT2D eigenvalue weighted by Gasteiger charge is 2.31. The zero-order chi connectivity index (χ0) is 29.6. The van der Waals surface area contributed by atoms with Gasteiger partial charge < -0.3 is 0 Å². The molecule has 2 heteroatoms. The zero-order valence-electron chi connectivity index (χ0n) is 25.3. The molecular weight excluding hydrogens is 532 g/mol. The molecule has 44 heavy (non-hydrogen) atoms. The molecule has 2 nitrogen and oxygen atoms in total. The number of benzene rings is 6. The monoisotopic (exact) mass is 566 g/mol. The molecule has 0 atom stereocenters. The predicted molar refractivity (Wildman–Crippen MR) is 187 cm³/mol. The molecule has 0 aliphatic carbocycles. The number of hydrogen-bond acceptors (Lipinski definition) is 2. The Kier molecular flexibility index (Phi) is 6.56. The Morgan fingerprint density at radius 1 is 0.409 bits per heavy atom. The molecule has 0 radical (unpaired) electrons. The van der Waals surface area contributed by atoms with Crippen LogP contribution in [0.1, 0.15) is 71.2 Å². The summed E-state index contributed by atoms with van der Waals surface area (Å²) in [5, 5.41) is 5.00. The van der Waals surface area contributed by atoms with Crippen molar-refractivity contribution in [2.75, 3.05) is 0 Å². The summed E-state index contributed by atoms with van der Waals surface area (Å²) in [7, 11) is 0. The molecule has 6 aromatic carbocycles. The van der Waals surface area contributed by atoms with Gasteiger partial charge in [0.15, 0.2) is 0 Å². The summed E-state index contributed by atoms with van der Waals surface area (Å²) in [5.74, 6) is 0. The Labute approximate surface area is 259 Å². The molecule has 2 heterocycles. The van der Waals surface area contributed by atoms with Gasteiger partial charge in [0.1, 0.15) is 0 Å². The topological polar surface area (TPSA) is 24.7 Å². The van der Waals surface area contributed by atoms with Gasteiger partial charge in [-0.25, -0.2) is 9.98 Å². The number of nitrogens with zero attached hydrogens (tertiary/aromatic N) is 2. The third-order valence-corrected chi connectivity index (χ3v) is 8.95. The lowest BCUT2D eigenvalue weighted by molar-refractivity contribution is 0.923. The van der Waals surface area contributed by atoms with E-state index < -0.39 is 0 Å². The fourth-order valence-corrected chi connectivity index (χ4v) is 6.82. The molecule has 0 aromatic heterocycles. The van der Waals surface area contributed by atoms with E-state index in [4.69, 9.17) is 9.98 Å². The first-order valence-corrected chi connectivity index (χ1v) is 15.9. The lowest BCUT2D eigenvalue weighted by Crippen LogP contribution is -2.00. The summed E-state index contributed by atoms with van der Waals surface area (Å²) < 4.78 is 0. The molecule has 2 aliphatic rings. The molecule has 0 unspecified atom stereocenters. The van der Waals surface area contributed by atoms with E-state index in [0.29, 0.717) is 0 Å². The molecule has 212 valence electrons. The van der Waals surface area contributed by atoms with Crippen LogP contribution < -0.4 is 0 Å². The maximum absolute atomic E-state index is 5.43. The van der Waals surface area contributed by atoms with Crippen LogP contribution >= 0.6 is 0 Å². The predicted octanol–water partition coefficient (Wildman–Crippen LogP) is 10.4. The summed E-state index contributed by atoms with van der Waals surface area (Å²) in [6.45, 7) is 4.48. The Bertz CT molecular complexity index is 2010. The van der Waals surface area contributed by atoms with Gasteiger partial charge in [-0.05, 0) is 69.8 Å². The molecule has 0 spiro atoms. The lowest BCUT2D eigenvalue weighted by atomic mass is 9.92. The van der Waals surface area contributed by atoms with Crippen LogP contribution in [0.15, 0.2) is 131 Å². The van der Waals surface area contributed by atoms with E-state index in [1.165, 1.54) is 43.8 Å². The van der Waals surface area contributed by atoms with Crippen molar-refractivity contribution in [1.82, 2.24) is 0 Å². The highest BCUT2D eigenvalue weighted by molar-refractivity contribution is 6.28. The van der Waals surface area contributed by atoms with Crippen molar-refractivity contribution in [2.45, 2.75) is 39.5 Å². The fourth-order valence-electron chi connectivity index (χ4n) is 6.82. The molecular formula is C42H34N2. The van der Waals surface area contributed by atoms with Crippen LogP contribution in [-0.2, 0) is 12.8 Å². The minimum absolute atomic E-state index is 0.956. The number of aliphatic imine (C=N–C) groups is 2. The maximum atomic E-state index is 5.43. The zero-order valence-corrected chi connectivity index (χ0v) is 25.3. The number of fused-ring (bicyclic) bond motifs is 4. The Morgan fingerprint density at radius 3 is 1.23 bits per heavy atom. The molecule has 0 saturated carbocycles. The van der Waals surface area contributed by atoms with E-state index >= 15 is 0 Å². The Hall–Kier alpha value is -5.08. The molecule has 0 N–H and O–H groups in total. The first-order valence-electron chi connectivity index (χ1n) is 15.9. The van der Waals surface area contributed by atoms with Crippen molar-refractivity contribution < 1.29 is 0 Å². The molecule has 8 rings (SSSR count). The second-order valence-corrected chi connectivity index (χ2v) is 12.0. The average Bonchev–Trinajstić information content (AvgIpc) is 3.61. The second kappa shape index (κ2) is 10.9. The van der Waals surface area contributed by atoms with Crippen LogP contribution in [0.5, 0.6) is 0 Å². The Balaban J connectivity index is 1.42. The van der Waals surface area contributed by atoms with E-state index in [-0.39, 0.29) is 0 Å². The molecule has 0 saturated heterocycles. The van der Waals surface area contributed by atoms with Crippen molar-refractivity contribution in [2.24, 2.45) is 9.98 Å². The summed E-state index contributed by atoms with van der Waals surface area (Å²) in [5.41, 5.74) is 13.6. The van der Waals surface area contributed by atoms with E-state index in [1.54, 1.807) is 0 Å². The Morgan fingerprint density at radius 2 is 0.818 bits per heavy atom. The molecule has 6 aromatic rings. The molecule has 0 amide bonds. The van der Waals surface area contributed by atoms with Crippen molar-refractivity contribution in [3.63, 3.8) is 0 Å². The molecule has 2 aliphatic heterocycles. The number of aryl methyl sites for hydroxylation is 2. The summed E-state index contributed by atoms with van der Waals surface area (Å²) in [6.07, 6.45) is 4.43. The lowest BCUT2D eigenvalue weighted by Gasteiger charge is -2.10. The number of rotatable bonds is 6. The third-order valence-electron chi connectivity index (χ3n) is 8.95. The van der Waals surface area contributed by atoms with Crippen molar-refractivity contribution in [3.05, 3.63) is 166 Å². The molecule has 0 bridgehead atoms. The van der Waals surface area contributed by atoms with Gasteiger partial charge in [-0.3, -0.25) is 0 Å². The van der Waals surface area contributed by atoms with Crippen molar-refractivity contribution in [1.29, 1.82) is 0 Å². The second-order valence-electron chi connectivity index (χ2n) is 12.0. The van der Waals surface area contributed by atoms with Crippen LogP contribution in [0.4, 0.5) is 0 Å². The van der Waals surface area contributed by atoms with Crippen LogP contribution in [-0.4, -0.2) is 11.4 Å². The quantitative estimate of drug-likeness (QED) is 0.192. The van der Waals surface area contributed by atoms with Gasteiger partial charge >= 0.3 is 0 Å². The van der Waals surface area contributed by atoms with Crippen LogP contribution in [0.25, 0.3) is 32.9 Å². The highest BCUT2D eigenvalue weighted by atomic mass is 14.9. The van der Waals surface area contributed by atoms with Gasteiger partial charge in [0.05, 0.1) is 22.8 Å². The maximum Gasteiger partial charge on any atom is 0.0979 e. The van der Waals surface area contributed by atoms with Gasteiger partial charge in [0, 0.05) is 33.4 Å². The minimum Gasteiger partial charge on any atom is -0.245 e. The van der Waals surface area contributed by atoms with Crippen LogP contribution in [0, 0.1) is 0 Å². The smallest absolute Gasteiger partial charge is 0.0979 e. The van der Waals surface area contributed by atoms with E-state index in [0.717, 1.165) is 70.8 Å². The minimum atomic E-state index is 0.956. The highest BCUT2D eigenvalue weighted by Crippen LogP contribution is 2.44. The third kappa shape index (κ3) is 4.50. The normalized spacial score (nSPS) is 15.4. The van der Waals surface area contributed by atoms with Crippen molar-refractivity contribution in [3.8, 4) is 0 Å². The van der Waals surface area contributed by atoms with Crippen LogP contribution in [0.3, 0.4) is 0 Å². The van der Waals surface area contributed by atoms with E-state index in [9.17, 15) is 0 Å². The summed E-state index contributed by atoms with van der Waals surface area (Å²) >= 11 is 0. The first kappa shape index (κ1) is 26.5. The van der Waals surface area contributed by atoms with Gasteiger partial charge in [-0.1, -0.05) is 124 Å². The van der Waals surface area contributed by atoms with Gasteiger partial charge in [0.2, 0.25) is 0 Å². The molecule has 0 fully saturated rings.